The van der Waals surface area contributed by atoms with E-state index in [0.717, 1.165) is 23.3 Å². The van der Waals surface area contributed by atoms with Crippen LogP contribution in [0.4, 0.5) is 0 Å². The average molecular weight is 201 g/mol. The van der Waals surface area contributed by atoms with Gasteiger partial charge in [-0.25, -0.2) is 0 Å². The predicted molar refractivity (Wildman–Crippen MR) is 55.7 cm³/mol. The van der Waals surface area contributed by atoms with Crippen molar-refractivity contribution in [1.82, 2.24) is 0 Å². The number of ether oxygens (including phenoxy) is 1. The van der Waals surface area contributed by atoms with Crippen LogP contribution in [0, 0.1) is 5.92 Å². The molecule has 0 radical (unpaired) electrons. The van der Waals surface area contributed by atoms with Gasteiger partial charge in [0.1, 0.15) is 12.4 Å². The maximum atomic E-state index is 11.2. The van der Waals surface area contributed by atoms with Crippen LogP contribution >= 0.6 is 0 Å². The highest BCUT2D eigenvalue weighted by atomic mass is 16.5. The Morgan fingerprint density at radius 1 is 1.40 bits per heavy atom. The van der Waals surface area contributed by atoms with Gasteiger partial charge < -0.3 is 10.5 Å². The van der Waals surface area contributed by atoms with Crippen LogP contribution in [0.2, 0.25) is 0 Å². The zero-order valence-electron chi connectivity index (χ0n) is 8.19. The first-order valence-electron chi connectivity index (χ1n) is 5.01. The molecule has 0 spiro atoms. The number of amides is 1. The van der Waals surface area contributed by atoms with Crippen molar-refractivity contribution in [3.8, 4) is 0 Å². The molecule has 1 amide bonds. The van der Waals surface area contributed by atoms with E-state index in [1.807, 2.05) is 18.2 Å². The number of rotatable bonds is 1. The van der Waals surface area contributed by atoms with Crippen molar-refractivity contribution in [1.29, 1.82) is 0 Å². The van der Waals surface area contributed by atoms with Gasteiger partial charge in [-0.05, 0) is 17.6 Å². The largest absolute Gasteiger partial charge is 0.492 e. The molecule has 2 N–H and O–H groups in total. The van der Waals surface area contributed by atoms with Crippen LogP contribution in [0.15, 0.2) is 29.8 Å². The Kier molecular flexibility index (Phi) is 1.63. The van der Waals surface area contributed by atoms with Gasteiger partial charge in [-0.15, -0.1) is 0 Å². The lowest BCUT2D eigenvalue weighted by molar-refractivity contribution is -0.121. The topological polar surface area (TPSA) is 52.3 Å². The van der Waals surface area contributed by atoms with E-state index in [0.29, 0.717) is 6.61 Å². The molecule has 1 aromatic rings. The number of carbonyl (C=O) groups excluding carboxylic acids is 1. The third kappa shape index (κ3) is 1.09. The number of primary amides is 1. The van der Waals surface area contributed by atoms with Crippen LogP contribution in [-0.2, 0) is 16.0 Å². The molecule has 15 heavy (non-hydrogen) atoms. The van der Waals surface area contributed by atoms with Gasteiger partial charge in [0.15, 0.2) is 0 Å². The normalized spacial score (nSPS) is 22.3. The van der Waals surface area contributed by atoms with Gasteiger partial charge in [-0.3, -0.25) is 4.79 Å². The molecule has 1 atom stereocenters. The smallest absolute Gasteiger partial charge is 0.228 e. The molecule has 0 fully saturated rings. The summed E-state index contributed by atoms with van der Waals surface area (Å²) >= 11 is 0. The second-order valence-electron chi connectivity index (χ2n) is 3.95. The molecule has 1 heterocycles. The second kappa shape index (κ2) is 2.86. The molecule has 1 aliphatic heterocycles. The lowest BCUT2D eigenvalue weighted by Gasteiger charge is -2.08. The number of carbonyl (C=O) groups is 1. The van der Waals surface area contributed by atoms with Gasteiger partial charge in [0.25, 0.3) is 0 Å². The van der Waals surface area contributed by atoms with Crippen molar-refractivity contribution >= 4 is 11.7 Å². The standard InChI is InChI=1S/C12H11NO2/c13-12(14)10-6-15-11-8-4-2-1-3-7(8)5-9(10)11/h1-4,10H,5-6H2,(H2,13,14). The SMILES string of the molecule is NC(=O)C1COC2=C1Cc1ccccc12. The Hall–Kier alpha value is -1.77. The maximum absolute atomic E-state index is 11.2. The Bertz CT molecular complexity index is 476. The first kappa shape index (κ1) is 8.53. The predicted octanol–water partition coefficient (Wildman–Crippen LogP) is 1.09. The molecule has 1 unspecified atom stereocenters. The monoisotopic (exact) mass is 201 g/mol. The fraction of sp³-hybridized carbons (Fsp3) is 0.250. The van der Waals surface area contributed by atoms with Crippen molar-refractivity contribution in [3.05, 3.63) is 41.0 Å². The Morgan fingerprint density at radius 2 is 2.20 bits per heavy atom. The van der Waals surface area contributed by atoms with Crippen molar-refractivity contribution in [2.24, 2.45) is 11.7 Å². The summed E-state index contributed by atoms with van der Waals surface area (Å²) in [7, 11) is 0. The van der Waals surface area contributed by atoms with E-state index in [1.54, 1.807) is 0 Å². The lowest BCUT2D eigenvalue weighted by atomic mass is 9.98. The van der Waals surface area contributed by atoms with Gasteiger partial charge >= 0.3 is 0 Å². The zero-order chi connectivity index (χ0) is 10.4. The molecule has 0 saturated carbocycles. The van der Waals surface area contributed by atoms with Crippen LogP contribution in [0.5, 0.6) is 0 Å². The minimum Gasteiger partial charge on any atom is -0.492 e. The molecule has 0 saturated heterocycles. The molecule has 3 rings (SSSR count). The van der Waals surface area contributed by atoms with E-state index >= 15 is 0 Å². The molecule has 1 aliphatic carbocycles. The van der Waals surface area contributed by atoms with Crippen LogP contribution in [0.3, 0.4) is 0 Å². The highest BCUT2D eigenvalue weighted by Gasteiger charge is 2.36. The fourth-order valence-electron chi connectivity index (χ4n) is 2.33. The van der Waals surface area contributed by atoms with Crippen molar-refractivity contribution < 1.29 is 9.53 Å². The molecular formula is C12H11NO2. The number of benzene rings is 1. The van der Waals surface area contributed by atoms with Crippen LogP contribution in [0.25, 0.3) is 5.76 Å². The number of hydrogen-bond acceptors (Lipinski definition) is 2. The van der Waals surface area contributed by atoms with E-state index in [4.69, 9.17) is 10.5 Å². The third-order valence-corrected chi connectivity index (χ3v) is 3.09. The second-order valence-corrected chi connectivity index (χ2v) is 3.95. The zero-order valence-corrected chi connectivity index (χ0v) is 8.19. The molecule has 3 heteroatoms. The van der Waals surface area contributed by atoms with Gasteiger partial charge in [0.05, 0.1) is 5.92 Å². The van der Waals surface area contributed by atoms with Gasteiger partial charge in [0.2, 0.25) is 5.91 Å². The summed E-state index contributed by atoms with van der Waals surface area (Å²) < 4.78 is 5.56. The first-order chi connectivity index (χ1) is 7.27. The maximum Gasteiger partial charge on any atom is 0.228 e. The average Bonchev–Trinajstić information content (AvgIpc) is 2.74. The minimum atomic E-state index is -0.284. The summed E-state index contributed by atoms with van der Waals surface area (Å²) in [6, 6.07) is 8.08. The number of hydrogen-bond donors (Lipinski definition) is 1. The van der Waals surface area contributed by atoms with E-state index in [-0.39, 0.29) is 11.8 Å². The van der Waals surface area contributed by atoms with E-state index in [1.165, 1.54) is 5.56 Å². The molecule has 76 valence electrons. The van der Waals surface area contributed by atoms with E-state index in [2.05, 4.69) is 6.07 Å². The Balaban J connectivity index is 2.07. The fourth-order valence-corrected chi connectivity index (χ4v) is 2.33. The molecule has 3 nitrogen and oxygen atoms in total. The summed E-state index contributed by atoms with van der Waals surface area (Å²) in [5.41, 5.74) is 8.75. The number of fused-ring (bicyclic) bond motifs is 2. The minimum absolute atomic E-state index is 0.229. The van der Waals surface area contributed by atoms with Crippen LogP contribution in [0.1, 0.15) is 11.1 Å². The van der Waals surface area contributed by atoms with Gasteiger partial charge in [-0.1, -0.05) is 24.3 Å². The van der Waals surface area contributed by atoms with E-state index < -0.39 is 0 Å². The summed E-state index contributed by atoms with van der Waals surface area (Å²) in [6.07, 6.45) is 0.805. The molecule has 0 aromatic heterocycles. The number of nitrogens with two attached hydrogens (primary N) is 1. The summed E-state index contributed by atoms with van der Waals surface area (Å²) in [4.78, 5) is 11.2. The molecule has 2 aliphatic rings. The highest BCUT2D eigenvalue weighted by Crippen LogP contribution is 2.41. The summed E-state index contributed by atoms with van der Waals surface area (Å²) in [6.45, 7) is 0.411. The quantitative estimate of drug-likeness (QED) is 0.739. The van der Waals surface area contributed by atoms with Crippen molar-refractivity contribution in [3.63, 3.8) is 0 Å². The van der Waals surface area contributed by atoms with Gasteiger partial charge in [0, 0.05) is 5.56 Å². The van der Waals surface area contributed by atoms with Crippen molar-refractivity contribution in [2.75, 3.05) is 6.61 Å². The first-order valence-corrected chi connectivity index (χ1v) is 5.01. The lowest BCUT2D eigenvalue weighted by Crippen LogP contribution is -2.26. The highest BCUT2D eigenvalue weighted by molar-refractivity contribution is 5.87. The molecule has 0 bridgehead atoms. The van der Waals surface area contributed by atoms with Crippen LogP contribution in [-0.4, -0.2) is 12.5 Å². The Labute approximate surface area is 87.5 Å². The molecular weight excluding hydrogens is 190 g/mol. The summed E-state index contributed by atoms with van der Waals surface area (Å²) in [5.74, 6) is 0.370. The van der Waals surface area contributed by atoms with E-state index in [9.17, 15) is 4.79 Å². The third-order valence-electron chi connectivity index (χ3n) is 3.09. The summed E-state index contributed by atoms with van der Waals surface area (Å²) in [5, 5.41) is 0. The Morgan fingerprint density at radius 3 is 3.00 bits per heavy atom. The molecule has 1 aromatic carbocycles. The van der Waals surface area contributed by atoms with Gasteiger partial charge in [-0.2, -0.15) is 0 Å². The van der Waals surface area contributed by atoms with Crippen LogP contribution < -0.4 is 5.73 Å². The van der Waals surface area contributed by atoms with Crippen molar-refractivity contribution in [2.45, 2.75) is 6.42 Å².